The van der Waals surface area contributed by atoms with Gasteiger partial charge in [-0.15, -0.1) is 0 Å². The normalized spacial score (nSPS) is 10.8. The third kappa shape index (κ3) is 2.30. The number of methoxy groups -OCH3 is 1. The highest BCUT2D eigenvalue weighted by Gasteiger charge is 2.16. The molecule has 5 heteroatoms. The van der Waals surface area contributed by atoms with Gasteiger partial charge in [0.25, 0.3) is 0 Å². The summed E-state index contributed by atoms with van der Waals surface area (Å²) in [5, 5.41) is 2.04. The number of rotatable bonds is 4. The summed E-state index contributed by atoms with van der Waals surface area (Å²) in [6, 6.07) is 10.7. The van der Waals surface area contributed by atoms with E-state index in [-0.39, 0.29) is 12.4 Å². The molecule has 0 atom stereocenters. The molecule has 0 bridgehead atoms. The van der Waals surface area contributed by atoms with E-state index in [0.717, 1.165) is 10.8 Å². The Kier molecular flexibility index (Phi) is 3.55. The Bertz CT molecular complexity index is 923. The standard InChI is InChI=1S/C17H14O5/c1-10(18)9-21-14-8-7-12-11-5-3-4-6-13(11)17(19)22-15(12)16(14)20-2/h3-8H,9H2,1-2H3. The van der Waals surface area contributed by atoms with Crippen molar-refractivity contribution in [3.63, 3.8) is 0 Å². The van der Waals surface area contributed by atoms with Gasteiger partial charge >= 0.3 is 5.63 Å². The Hall–Kier alpha value is -2.82. The minimum absolute atomic E-state index is 0.0698. The maximum absolute atomic E-state index is 12.1. The van der Waals surface area contributed by atoms with E-state index in [9.17, 15) is 9.59 Å². The van der Waals surface area contributed by atoms with Gasteiger partial charge in [0.05, 0.1) is 12.5 Å². The maximum Gasteiger partial charge on any atom is 0.344 e. The van der Waals surface area contributed by atoms with Crippen molar-refractivity contribution in [2.24, 2.45) is 0 Å². The second kappa shape index (κ2) is 5.52. The molecule has 0 aliphatic carbocycles. The number of Topliss-reactive ketones (excluding diaryl/α,β-unsaturated/α-hetero) is 1. The van der Waals surface area contributed by atoms with Crippen LogP contribution in [0.5, 0.6) is 11.5 Å². The zero-order valence-electron chi connectivity index (χ0n) is 12.2. The molecule has 22 heavy (non-hydrogen) atoms. The van der Waals surface area contributed by atoms with E-state index in [1.54, 1.807) is 24.3 Å². The number of hydrogen-bond donors (Lipinski definition) is 0. The first-order chi connectivity index (χ1) is 10.6. The summed E-state index contributed by atoms with van der Waals surface area (Å²) in [5.74, 6) is 0.562. The highest BCUT2D eigenvalue weighted by atomic mass is 16.5. The Morgan fingerprint density at radius 3 is 2.50 bits per heavy atom. The van der Waals surface area contributed by atoms with Crippen LogP contribution in [0.25, 0.3) is 21.7 Å². The van der Waals surface area contributed by atoms with E-state index >= 15 is 0 Å². The molecule has 1 heterocycles. The maximum atomic E-state index is 12.1. The van der Waals surface area contributed by atoms with Gasteiger partial charge in [-0.25, -0.2) is 4.79 Å². The summed E-state index contributed by atoms with van der Waals surface area (Å²) >= 11 is 0. The van der Waals surface area contributed by atoms with Crippen molar-refractivity contribution in [2.75, 3.05) is 13.7 Å². The minimum Gasteiger partial charge on any atom is -0.490 e. The fourth-order valence-electron chi connectivity index (χ4n) is 2.39. The number of carbonyl (C=O) groups is 1. The fraction of sp³-hybridized carbons (Fsp3) is 0.176. The zero-order chi connectivity index (χ0) is 15.7. The largest absolute Gasteiger partial charge is 0.490 e. The van der Waals surface area contributed by atoms with Crippen molar-refractivity contribution in [2.45, 2.75) is 6.92 Å². The van der Waals surface area contributed by atoms with Crippen LogP contribution in [-0.4, -0.2) is 19.5 Å². The second-order valence-electron chi connectivity index (χ2n) is 4.90. The van der Waals surface area contributed by atoms with Crippen molar-refractivity contribution in [1.82, 2.24) is 0 Å². The summed E-state index contributed by atoms with van der Waals surface area (Å²) in [7, 11) is 1.46. The molecule has 1 aromatic heterocycles. The third-order valence-corrected chi connectivity index (χ3v) is 3.34. The third-order valence-electron chi connectivity index (χ3n) is 3.34. The van der Waals surface area contributed by atoms with E-state index in [0.29, 0.717) is 22.5 Å². The molecule has 0 N–H and O–H groups in total. The second-order valence-corrected chi connectivity index (χ2v) is 4.90. The topological polar surface area (TPSA) is 65.7 Å². The summed E-state index contributed by atoms with van der Waals surface area (Å²) in [5.41, 5.74) is -0.127. The molecule has 0 aliphatic heterocycles. The lowest BCUT2D eigenvalue weighted by Gasteiger charge is -2.12. The van der Waals surface area contributed by atoms with E-state index in [2.05, 4.69) is 0 Å². The Morgan fingerprint density at radius 2 is 1.82 bits per heavy atom. The van der Waals surface area contributed by atoms with Crippen molar-refractivity contribution >= 4 is 27.5 Å². The van der Waals surface area contributed by atoms with Crippen molar-refractivity contribution in [1.29, 1.82) is 0 Å². The molecule has 0 saturated carbocycles. The van der Waals surface area contributed by atoms with Crippen LogP contribution in [0.2, 0.25) is 0 Å². The number of carbonyl (C=O) groups excluding carboxylic acids is 1. The predicted molar refractivity (Wildman–Crippen MR) is 82.7 cm³/mol. The van der Waals surface area contributed by atoms with Crippen LogP contribution in [0, 0.1) is 0 Å². The minimum atomic E-state index is -0.440. The summed E-state index contributed by atoms with van der Waals surface area (Å²) in [4.78, 5) is 23.2. The van der Waals surface area contributed by atoms with Crippen LogP contribution >= 0.6 is 0 Å². The molecule has 0 amide bonds. The summed E-state index contributed by atoms with van der Waals surface area (Å²) < 4.78 is 16.1. The number of ether oxygens (including phenoxy) is 2. The molecule has 112 valence electrons. The van der Waals surface area contributed by atoms with Crippen LogP contribution in [0.3, 0.4) is 0 Å². The van der Waals surface area contributed by atoms with Gasteiger partial charge in [0.15, 0.2) is 17.1 Å². The van der Waals surface area contributed by atoms with Crippen molar-refractivity contribution in [3.8, 4) is 11.5 Å². The van der Waals surface area contributed by atoms with Gasteiger partial charge in [-0.3, -0.25) is 4.79 Å². The quantitative estimate of drug-likeness (QED) is 0.547. The van der Waals surface area contributed by atoms with E-state index < -0.39 is 5.63 Å². The average Bonchev–Trinajstić information content (AvgIpc) is 2.52. The van der Waals surface area contributed by atoms with E-state index in [1.165, 1.54) is 14.0 Å². The van der Waals surface area contributed by atoms with E-state index in [1.807, 2.05) is 12.1 Å². The SMILES string of the molecule is COc1c(OCC(C)=O)ccc2c1oc(=O)c1ccccc12. The van der Waals surface area contributed by atoms with Crippen LogP contribution in [0.1, 0.15) is 6.92 Å². The van der Waals surface area contributed by atoms with Crippen molar-refractivity contribution < 1.29 is 18.7 Å². The molecule has 0 radical (unpaired) electrons. The average molecular weight is 298 g/mol. The number of fused-ring (bicyclic) bond motifs is 3. The first-order valence-corrected chi connectivity index (χ1v) is 6.76. The van der Waals surface area contributed by atoms with Crippen LogP contribution in [-0.2, 0) is 4.79 Å². The lowest BCUT2D eigenvalue weighted by Crippen LogP contribution is -2.08. The van der Waals surface area contributed by atoms with Crippen LogP contribution in [0.4, 0.5) is 0 Å². The van der Waals surface area contributed by atoms with Gasteiger partial charge in [-0.1, -0.05) is 18.2 Å². The highest BCUT2D eigenvalue weighted by molar-refractivity contribution is 6.06. The molecular formula is C17H14O5. The Morgan fingerprint density at radius 1 is 1.09 bits per heavy atom. The number of hydrogen-bond acceptors (Lipinski definition) is 5. The molecule has 5 nitrogen and oxygen atoms in total. The molecule has 0 saturated heterocycles. The van der Waals surface area contributed by atoms with Gasteiger partial charge in [-0.2, -0.15) is 0 Å². The molecule has 2 aromatic carbocycles. The van der Waals surface area contributed by atoms with Gasteiger partial charge in [-0.05, 0) is 25.1 Å². The number of ketones is 1. The Labute approximate surface area is 126 Å². The van der Waals surface area contributed by atoms with E-state index in [4.69, 9.17) is 13.9 Å². The predicted octanol–water partition coefficient (Wildman–Crippen LogP) is 2.92. The van der Waals surface area contributed by atoms with Gasteiger partial charge in [0.1, 0.15) is 6.61 Å². The van der Waals surface area contributed by atoms with Crippen LogP contribution < -0.4 is 15.1 Å². The van der Waals surface area contributed by atoms with Gasteiger partial charge in [0, 0.05) is 10.8 Å². The first kappa shape index (κ1) is 14.1. The Balaban J connectivity index is 2.30. The first-order valence-electron chi connectivity index (χ1n) is 6.76. The summed E-state index contributed by atoms with van der Waals surface area (Å²) in [6.45, 7) is 1.36. The molecule has 0 fully saturated rings. The zero-order valence-corrected chi connectivity index (χ0v) is 12.2. The van der Waals surface area contributed by atoms with Gasteiger partial charge < -0.3 is 13.9 Å². The molecule has 0 spiro atoms. The molecule has 3 rings (SSSR count). The molecule has 0 unspecified atom stereocenters. The molecule has 3 aromatic rings. The molecule has 0 aliphatic rings. The van der Waals surface area contributed by atoms with Crippen LogP contribution in [0.15, 0.2) is 45.6 Å². The highest BCUT2D eigenvalue weighted by Crippen LogP contribution is 2.37. The number of benzene rings is 2. The lowest BCUT2D eigenvalue weighted by molar-refractivity contribution is -0.118. The van der Waals surface area contributed by atoms with Gasteiger partial charge in [0.2, 0.25) is 5.75 Å². The lowest BCUT2D eigenvalue weighted by atomic mass is 10.1. The van der Waals surface area contributed by atoms with Crippen molar-refractivity contribution in [3.05, 3.63) is 46.8 Å². The smallest absolute Gasteiger partial charge is 0.344 e. The fourth-order valence-corrected chi connectivity index (χ4v) is 2.39. The summed E-state index contributed by atoms with van der Waals surface area (Å²) in [6.07, 6.45) is 0. The monoisotopic (exact) mass is 298 g/mol. The molecular weight excluding hydrogens is 284 g/mol.